The number of carbonyl (C=O) groups is 1. The highest BCUT2D eigenvalue weighted by molar-refractivity contribution is 5.80. The van der Waals surface area contributed by atoms with Gasteiger partial charge in [0.25, 0.3) is 0 Å². The van der Waals surface area contributed by atoms with Crippen LogP contribution in [-0.2, 0) is 4.79 Å². The molecule has 2 N–H and O–H groups in total. The van der Waals surface area contributed by atoms with Crippen molar-refractivity contribution in [3.8, 4) is 0 Å². The van der Waals surface area contributed by atoms with Gasteiger partial charge >= 0.3 is 0 Å². The Labute approximate surface area is 79.3 Å². The van der Waals surface area contributed by atoms with Crippen molar-refractivity contribution < 1.29 is 4.79 Å². The van der Waals surface area contributed by atoms with E-state index in [1.807, 2.05) is 4.90 Å². The number of likely N-dealkylation sites (tertiary alicyclic amines) is 1. The molecule has 1 heterocycles. The van der Waals surface area contributed by atoms with E-state index in [4.69, 9.17) is 5.73 Å². The fraction of sp³-hybridized carbons (Fsp3) is 0.900. The molecular weight excluding hydrogens is 164 g/mol. The van der Waals surface area contributed by atoms with Crippen LogP contribution < -0.4 is 5.73 Å². The summed E-state index contributed by atoms with van der Waals surface area (Å²) < 4.78 is 0. The highest BCUT2D eigenvalue weighted by atomic mass is 16.2. The lowest BCUT2D eigenvalue weighted by molar-refractivity contribution is -0.138. The van der Waals surface area contributed by atoms with E-state index in [1.165, 1.54) is 6.42 Å². The zero-order valence-electron chi connectivity index (χ0n) is 8.04. The van der Waals surface area contributed by atoms with Gasteiger partial charge in [-0.15, -0.1) is 0 Å². The lowest BCUT2D eigenvalue weighted by atomic mass is 9.84. The van der Waals surface area contributed by atoms with Crippen molar-refractivity contribution in [3.63, 3.8) is 0 Å². The SMILES string of the molecule is NCC1CCCN1C(=O)C1CCC1. The molecule has 13 heavy (non-hydrogen) atoms. The van der Waals surface area contributed by atoms with Crippen LogP contribution in [-0.4, -0.2) is 29.9 Å². The summed E-state index contributed by atoms with van der Waals surface area (Å²) in [5, 5.41) is 0. The largest absolute Gasteiger partial charge is 0.338 e. The van der Waals surface area contributed by atoms with Crippen molar-refractivity contribution in [3.05, 3.63) is 0 Å². The molecule has 0 radical (unpaired) electrons. The zero-order chi connectivity index (χ0) is 9.26. The van der Waals surface area contributed by atoms with Crippen molar-refractivity contribution in [2.45, 2.75) is 38.1 Å². The Hall–Kier alpha value is -0.570. The highest BCUT2D eigenvalue weighted by Crippen LogP contribution is 2.30. The van der Waals surface area contributed by atoms with E-state index in [0.717, 1.165) is 32.2 Å². The summed E-state index contributed by atoms with van der Waals surface area (Å²) in [5.74, 6) is 0.714. The minimum Gasteiger partial charge on any atom is -0.338 e. The Morgan fingerprint density at radius 2 is 2.08 bits per heavy atom. The molecule has 2 rings (SSSR count). The Kier molecular flexibility index (Phi) is 2.54. The Morgan fingerprint density at radius 3 is 2.62 bits per heavy atom. The number of nitrogens with two attached hydrogens (primary N) is 1. The minimum atomic E-state index is 0.340. The lowest BCUT2D eigenvalue weighted by Crippen LogP contribution is -2.44. The van der Waals surface area contributed by atoms with Crippen molar-refractivity contribution >= 4 is 5.91 Å². The molecule has 74 valence electrons. The van der Waals surface area contributed by atoms with Crippen LogP contribution in [0.1, 0.15) is 32.1 Å². The number of carbonyl (C=O) groups excluding carboxylic acids is 1. The summed E-state index contributed by atoms with van der Waals surface area (Å²) in [7, 11) is 0. The predicted molar refractivity (Wildman–Crippen MR) is 51.1 cm³/mol. The molecule has 1 saturated carbocycles. The molecule has 1 amide bonds. The van der Waals surface area contributed by atoms with Crippen molar-refractivity contribution in [2.24, 2.45) is 11.7 Å². The van der Waals surface area contributed by atoms with E-state index in [-0.39, 0.29) is 0 Å². The van der Waals surface area contributed by atoms with Crippen LogP contribution in [0.5, 0.6) is 0 Å². The van der Waals surface area contributed by atoms with E-state index < -0.39 is 0 Å². The number of nitrogens with zero attached hydrogens (tertiary/aromatic N) is 1. The van der Waals surface area contributed by atoms with Crippen molar-refractivity contribution in [1.82, 2.24) is 4.90 Å². The predicted octanol–water partition coefficient (Wildman–Crippen LogP) is 0.736. The normalized spacial score (nSPS) is 29.0. The van der Waals surface area contributed by atoms with E-state index >= 15 is 0 Å². The molecule has 0 aromatic rings. The van der Waals surface area contributed by atoms with Gasteiger partial charge in [0, 0.05) is 25.0 Å². The van der Waals surface area contributed by atoms with Crippen LogP contribution in [0.4, 0.5) is 0 Å². The second kappa shape index (κ2) is 3.66. The van der Waals surface area contributed by atoms with E-state index in [1.54, 1.807) is 0 Å². The number of rotatable bonds is 2. The van der Waals surface area contributed by atoms with Crippen molar-refractivity contribution in [2.75, 3.05) is 13.1 Å². The van der Waals surface area contributed by atoms with Gasteiger partial charge in [-0.3, -0.25) is 4.79 Å². The number of hydrogen-bond donors (Lipinski definition) is 1. The average molecular weight is 182 g/mol. The Morgan fingerprint density at radius 1 is 1.31 bits per heavy atom. The van der Waals surface area contributed by atoms with Gasteiger partial charge in [0.2, 0.25) is 5.91 Å². The van der Waals surface area contributed by atoms with Gasteiger partial charge in [-0.1, -0.05) is 6.42 Å². The first-order valence-electron chi connectivity index (χ1n) is 5.33. The van der Waals surface area contributed by atoms with Crippen molar-refractivity contribution in [1.29, 1.82) is 0 Å². The topological polar surface area (TPSA) is 46.3 Å². The summed E-state index contributed by atoms with van der Waals surface area (Å²) in [6, 6.07) is 0.341. The summed E-state index contributed by atoms with van der Waals surface area (Å²) in [6.07, 6.45) is 5.69. The first-order valence-corrected chi connectivity index (χ1v) is 5.33. The number of hydrogen-bond acceptors (Lipinski definition) is 2. The zero-order valence-corrected chi connectivity index (χ0v) is 8.04. The third-order valence-corrected chi connectivity index (χ3v) is 3.39. The molecule has 2 fully saturated rings. The van der Waals surface area contributed by atoms with Crippen LogP contribution in [0.2, 0.25) is 0 Å². The van der Waals surface area contributed by atoms with Gasteiger partial charge in [-0.05, 0) is 25.7 Å². The van der Waals surface area contributed by atoms with Crippen LogP contribution in [0, 0.1) is 5.92 Å². The lowest BCUT2D eigenvalue weighted by Gasteiger charge is -2.32. The molecule has 3 heteroatoms. The molecule has 1 aliphatic heterocycles. The second-order valence-corrected chi connectivity index (χ2v) is 4.19. The third-order valence-electron chi connectivity index (χ3n) is 3.39. The molecule has 0 aromatic carbocycles. The van der Waals surface area contributed by atoms with Gasteiger partial charge < -0.3 is 10.6 Å². The molecule has 0 spiro atoms. The molecular formula is C10H18N2O. The molecule has 1 unspecified atom stereocenters. The molecule has 1 atom stereocenters. The van der Waals surface area contributed by atoms with E-state index in [2.05, 4.69) is 0 Å². The Balaban J connectivity index is 1.94. The molecule has 1 saturated heterocycles. The quantitative estimate of drug-likeness (QED) is 0.684. The first-order chi connectivity index (χ1) is 6.33. The highest BCUT2D eigenvalue weighted by Gasteiger charge is 2.34. The summed E-state index contributed by atoms with van der Waals surface area (Å²) in [5.41, 5.74) is 5.63. The molecule has 1 aliphatic carbocycles. The minimum absolute atomic E-state index is 0.340. The maximum absolute atomic E-state index is 11.9. The van der Waals surface area contributed by atoms with E-state index in [9.17, 15) is 4.79 Å². The van der Waals surface area contributed by atoms with Crippen LogP contribution in [0.25, 0.3) is 0 Å². The maximum atomic E-state index is 11.9. The van der Waals surface area contributed by atoms with Gasteiger partial charge in [-0.25, -0.2) is 0 Å². The first kappa shape index (κ1) is 9.00. The number of amides is 1. The van der Waals surface area contributed by atoms with Crippen LogP contribution in [0.3, 0.4) is 0 Å². The van der Waals surface area contributed by atoms with Gasteiger partial charge in [0.1, 0.15) is 0 Å². The molecule has 3 nitrogen and oxygen atoms in total. The average Bonchev–Trinajstić information content (AvgIpc) is 2.47. The van der Waals surface area contributed by atoms with E-state index in [0.29, 0.717) is 24.4 Å². The van der Waals surface area contributed by atoms with Gasteiger partial charge in [0.15, 0.2) is 0 Å². The molecule has 2 aliphatic rings. The van der Waals surface area contributed by atoms with Crippen LogP contribution >= 0.6 is 0 Å². The standard InChI is InChI=1S/C10H18N2O/c11-7-9-5-2-6-12(9)10(13)8-3-1-4-8/h8-9H,1-7,11H2. The third kappa shape index (κ3) is 1.57. The Bertz CT molecular complexity index is 201. The summed E-state index contributed by atoms with van der Waals surface area (Å²) in [6.45, 7) is 1.58. The van der Waals surface area contributed by atoms with Gasteiger partial charge in [0.05, 0.1) is 0 Å². The fourth-order valence-electron chi connectivity index (χ4n) is 2.26. The summed E-state index contributed by atoms with van der Waals surface area (Å²) >= 11 is 0. The monoisotopic (exact) mass is 182 g/mol. The maximum Gasteiger partial charge on any atom is 0.225 e. The molecule has 0 bridgehead atoms. The second-order valence-electron chi connectivity index (χ2n) is 4.19. The fourth-order valence-corrected chi connectivity index (χ4v) is 2.26. The van der Waals surface area contributed by atoms with Gasteiger partial charge in [-0.2, -0.15) is 0 Å². The molecule has 0 aromatic heterocycles. The smallest absolute Gasteiger partial charge is 0.225 e. The van der Waals surface area contributed by atoms with Crippen LogP contribution in [0.15, 0.2) is 0 Å². The summed E-state index contributed by atoms with van der Waals surface area (Å²) in [4.78, 5) is 13.9.